The predicted octanol–water partition coefficient (Wildman–Crippen LogP) is 6.08. The maximum absolute atomic E-state index is 14.4. The first-order valence-electron chi connectivity index (χ1n) is 7.95. The highest BCUT2D eigenvalue weighted by Gasteiger charge is 2.26. The van der Waals surface area contributed by atoms with Gasteiger partial charge in [0.25, 0.3) is 0 Å². The molecule has 0 spiro atoms. The molecule has 0 aliphatic heterocycles. The summed E-state index contributed by atoms with van der Waals surface area (Å²) in [7, 11) is 0. The summed E-state index contributed by atoms with van der Waals surface area (Å²) in [6.07, 6.45) is 3.35. The highest BCUT2D eigenvalue weighted by Crippen LogP contribution is 2.43. The van der Waals surface area contributed by atoms with Crippen LogP contribution in [0.25, 0.3) is 21.8 Å². The van der Waals surface area contributed by atoms with E-state index in [2.05, 4.69) is 4.98 Å². The number of rotatable bonds is 4. The van der Waals surface area contributed by atoms with Gasteiger partial charge in [-0.15, -0.1) is 11.3 Å². The SMILES string of the molecule is OC(c1cccnc1)c1c(-c2ccc(F)cc2F)coc1-c1ccc(Cl)s1. The molecule has 0 fully saturated rings. The molecule has 0 saturated heterocycles. The van der Waals surface area contributed by atoms with Crippen LogP contribution in [0.1, 0.15) is 17.2 Å². The Hall–Kier alpha value is -2.54. The molecule has 27 heavy (non-hydrogen) atoms. The fraction of sp³-hybridized carbons (Fsp3) is 0.0500. The fourth-order valence-electron chi connectivity index (χ4n) is 2.89. The quantitative estimate of drug-likeness (QED) is 0.449. The standard InChI is InChI=1S/C20H12ClF2NO2S/c21-17-6-5-16(27-17)20-18(19(25)11-2-1-7-24-9-11)14(10-26-20)13-4-3-12(22)8-15(13)23/h1-10,19,25H. The summed E-state index contributed by atoms with van der Waals surface area (Å²) in [5, 5.41) is 11.0. The van der Waals surface area contributed by atoms with Crippen molar-refractivity contribution in [3.05, 3.63) is 88.2 Å². The van der Waals surface area contributed by atoms with Crippen molar-refractivity contribution in [2.24, 2.45) is 0 Å². The zero-order valence-electron chi connectivity index (χ0n) is 13.7. The van der Waals surface area contributed by atoms with Gasteiger partial charge in [-0.25, -0.2) is 8.78 Å². The van der Waals surface area contributed by atoms with Crippen molar-refractivity contribution in [1.29, 1.82) is 0 Å². The number of aliphatic hydroxyl groups is 1. The summed E-state index contributed by atoms with van der Waals surface area (Å²) in [4.78, 5) is 4.71. The molecule has 0 radical (unpaired) electrons. The van der Waals surface area contributed by atoms with Crippen molar-refractivity contribution in [3.8, 4) is 21.8 Å². The second kappa shape index (κ2) is 7.23. The molecular weight excluding hydrogens is 392 g/mol. The first-order chi connectivity index (χ1) is 13.0. The topological polar surface area (TPSA) is 46.3 Å². The van der Waals surface area contributed by atoms with Gasteiger partial charge in [0, 0.05) is 40.7 Å². The Morgan fingerprint density at radius 1 is 1.11 bits per heavy atom. The maximum Gasteiger partial charge on any atom is 0.150 e. The van der Waals surface area contributed by atoms with Crippen LogP contribution < -0.4 is 0 Å². The summed E-state index contributed by atoms with van der Waals surface area (Å²) in [5.41, 5.74) is 1.36. The first kappa shape index (κ1) is 17.9. The molecule has 3 nitrogen and oxygen atoms in total. The fourth-order valence-corrected chi connectivity index (χ4v) is 3.93. The Morgan fingerprint density at radius 3 is 2.63 bits per heavy atom. The number of hydrogen-bond acceptors (Lipinski definition) is 4. The van der Waals surface area contributed by atoms with Gasteiger partial charge in [-0.05, 0) is 30.3 Å². The Kier molecular flexibility index (Phi) is 4.78. The molecule has 7 heteroatoms. The van der Waals surface area contributed by atoms with Gasteiger partial charge in [0.1, 0.15) is 17.7 Å². The number of aliphatic hydroxyl groups excluding tert-OH is 1. The minimum Gasteiger partial charge on any atom is -0.462 e. The van der Waals surface area contributed by atoms with E-state index in [4.69, 9.17) is 16.0 Å². The molecule has 4 aromatic rings. The van der Waals surface area contributed by atoms with Gasteiger partial charge < -0.3 is 9.52 Å². The lowest BCUT2D eigenvalue weighted by Gasteiger charge is -2.13. The molecule has 0 amide bonds. The van der Waals surface area contributed by atoms with Gasteiger partial charge in [-0.2, -0.15) is 0 Å². The van der Waals surface area contributed by atoms with Crippen LogP contribution in [0, 0.1) is 11.6 Å². The van der Waals surface area contributed by atoms with Gasteiger partial charge in [-0.3, -0.25) is 4.98 Å². The maximum atomic E-state index is 14.4. The molecule has 1 atom stereocenters. The van der Waals surface area contributed by atoms with Crippen molar-refractivity contribution in [1.82, 2.24) is 4.98 Å². The molecule has 136 valence electrons. The summed E-state index contributed by atoms with van der Waals surface area (Å²) >= 11 is 7.30. The van der Waals surface area contributed by atoms with Crippen molar-refractivity contribution in [2.45, 2.75) is 6.10 Å². The predicted molar refractivity (Wildman–Crippen MR) is 101 cm³/mol. The third-order valence-corrected chi connectivity index (χ3v) is 5.35. The minimum absolute atomic E-state index is 0.131. The lowest BCUT2D eigenvalue weighted by Crippen LogP contribution is -2.02. The van der Waals surface area contributed by atoms with E-state index in [1.807, 2.05) is 0 Å². The van der Waals surface area contributed by atoms with E-state index in [1.165, 1.54) is 29.9 Å². The molecule has 1 aromatic carbocycles. The van der Waals surface area contributed by atoms with Crippen LogP contribution in [-0.2, 0) is 0 Å². The molecule has 0 aliphatic rings. The van der Waals surface area contributed by atoms with Gasteiger partial charge in [-0.1, -0.05) is 17.7 Å². The summed E-state index contributed by atoms with van der Waals surface area (Å²) < 4.78 is 34.0. The summed E-state index contributed by atoms with van der Waals surface area (Å²) in [6.45, 7) is 0. The largest absolute Gasteiger partial charge is 0.462 e. The number of halogens is 3. The van der Waals surface area contributed by atoms with Gasteiger partial charge in [0.15, 0.2) is 5.76 Å². The van der Waals surface area contributed by atoms with Crippen LogP contribution in [0.4, 0.5) is 8.78 Å². The Balaban J connectivity index is 1.93. The van der Waals surface area contributed by atoms with E-state index in [0.29, 0.717) is 31.7 Å². The minimum atomic E-state index is -1.12. The van der Waals surface area contributed by atoms with Crippen LogP contribution in [0.15, 0.2) is 65.5 Å². The summed E-state index contributed by atoms with van der Waals surface area (Å²) in [6, 6.07) is 10.1. The van der Waals surface area contributed by atoms with Gasteiger partial charge in [0.2, 0.25) is 0 Å². The van der Waals surface area contributed by atoms with Crippen LogP contribution in [0.5, 0.6) is 0 Å². The second-order valence-corrected chi connectivity index (χ2v) is 7.52. The molecule has 0 bridgehead atoms. The summed E-state index contributed by atoms with van der Waals surface area (Å²) in [5.74, 6) is -1.05. The number of thiophene rings is 1. The van der Waals surface area contributed by atoms with Gasteiger partial charge >= 0.3 is 0 Å². The van der Waals surface area contributed by atoms with Crippen molar-refractivity contribution < 1.29 is 18.3 Å². The smallest absolute Gasteiger partial charge is 0.150 e. The first-order valence-corrected chi connectivity index (χ1v) is 9.14. The van der Waals surface area contributed by atoms with E-state index >= 15 is 0 Å². The lowest BCUT2D eigenvalue weighted by atomic mass is 9.94. The van der Waals surface area contributed by atoms with Crippen molar-refractivity contribution >= 4 is 22.9 Å². The molecule has 0 saturated carbocycles. The number of hydrogen-bond donors (Lipinski definition) is 1. The zero-order valence-corrected chi connectivity index (χ0v) is 15.3. The third-order valence-electron chi connectivity index (χ3n) is 4.12. The molecule has 1 N–H and O–H groups in total. The molecule has 3 aromatic heterocycles. The highest BCUT2D eigenvalue weighted by molar-refractivity contribution is 7.19. The van der Waals surface area contributed by atoms with Crippen LogP contribution >= 0.6 is 22.9 Å². The Labute approximate surface area is 162 Å². The Morgan fingerprint density at radius 2 is 1.96 bits per heavy atom. The molecular formula is C20H12ClF2NO2S. The van der Waals surface area contributed by atoms with E-state index in [1.54, 1.807) is 30.5 Å². The van der Waals surface area contributed by atoms with Crippen LogP contribution in [0.2, 0.25) is 4.34 Å². The van der Waals surface area contributed by atoms with E-state index < -0.39 is 17.7 Å². The molecule has 4 rings (SSSR count). The number of benzene rings is 1. The van der Waals surface area contributed by atoms with Crippen molar-refractivity contribution in [2.75, 3.05) is 0 Å². The monoisotopic (exact) mass is 403 g/mol. The second-order valence-electron chi connectivity index (χ2n) is 5.81. The highest BCUT2D eigenvalue weighted by atomic mass is 35.5. The van der Waals surface area contributed by atoms with E-state index in [9.17, 15) is 13.9 Å². The van der Waals surface area contributed by atoms with Crippen molar-refractivity contribution in [3.63, 3.8) is 0 Å². The average molecular weight is 404 g/mol. The number of aromatic nitrogens is 1. The number of nitrogens with zero attached hydrogens (tertiary/aromatic N) is 1. The average Bonchev–Trinajstić information content (AvgIpc) is 3.28. The van der Waals surface area contributed by atoms with Crippen LogP contribution in [-0.4, -0.2) is 10.1 Å². The van der Waals surface area contributed by atoms with E-state index in [-0.39, 0.29) is 5.56 Å². The molecule has 3 heterocycles. The number of furan rings is 1. The Bertz CT molecular complexity index is 1090. The zero-order chi connectivity index (χ0) is 19.0. The number of pyridine rings is 1. The molecule has 0 aliphatic carbocycles. The molecule has 1 unspecified atom stereocenters. The van der Waals surface area contributed by atoms with E-state index in [0.717, 1.165) is 12.1 Å². The van der Waals surface area contributed by atoms with Gasteiger partial charge in [0.05, 0.1) is 15.5 Å². The normalized spacial score (nSPS) is 12.3. The lowest BCUT2D eigenvalue weighted by molar-refractivity contribution is 0.220. The van der Waals surface area contributed by atoms with Crippen LogP contribution in [0.3, 0.4) is 0 Å². The third kappa shape index (κ3) is 3.39.